The number of rotatable bonds is 8. The summed E-state index contributed by atoms with van der Waals surface area (Å²) in [6.07, 6.45) is 3.53. The number of nitrogens with zero attached hydrogens (tertiary/aromatic N) is 1. The van der Waals surface area contributed by atoms with Crippen molar-refractivity contribution in [1.29, 1.82) is 0 Å². The van der Waals surface area contributed by atoms with Gasteiger partial charge in [-0.3, -0.25) is 4.79 Å². The highest BCUT2D eigenvalue weighted by Crippen LogP contribution is 2.30. The van der Waals surface area contributed by atoms with Gasteiger partial charge < -0.3 is 10.2 Å². The van der Waals surface area contributed by atoms with E-state index in [1.807, 2.05) is 0 Å². The van der Waals surface area contributed by atoms with Crippen LogP contribution in [0.5, 0.6) is 0 Å². The number of carbonyl (C=O) groups excluding carboxylic acids is 1. The van der Waals surface area contributed by atoms with Crippen molar-refractivity contribution in [3.8, 4) is 0 Å². The number of nitrogens with one attached hydrogen (secondary N) is 1. The van der Waals surface area contributed by atoms with Crippen LogP contribution in [0.15, 0.2) is 11.4 Å². The molecule has 0 fully saturated rings. The largest absolute Gasteiger partial charge is 0.381 e. The Morgan fingerprint density at radius 2 is 1.88 bits per heavy atom. The van der Waals surface area contributed by atoms with Gasteiger partial charge in [-0.25, -0.2) is 0 Å². The second-order valence-electron chi connectivity index (χ2n) is 4.33. The summed E-state index contributed by atoms with van der Waals surface area (Å²) in [5, 5.41) is 3.05. The van der Waals surface area contributed by atoms with Crippen LogP contribution in [0.1, 0.15) is 40.0 Å². The van der Waals surface area contributed by atoms with E-state index in [2.05, 4.69) is 43.6 Å². The minimum absolute atomic E-state index is 0.145. The van der Waals surface area contributed by atoms with E-state index in [1.54, 1.807) is 0 Å². The minimum atomic E-state index is -0.219. The minimum Gasteiger partial charge on any atom is -0.381 e. The van der Waals surface area contributed by atoms with Gasteiger partial charge in [0, 0.05) is 19.6 Å². The van der Waals surface area contributed by atoms with E-state index in [1.165, 1.54) is 12.8 Å². The number of ketones is 1. The van der Waals surface area contributed by atoms with Crippen LogP contribution in [0.3, 0.4) is 0 Å². The Hall–Kier alpha value is -0.640. The van der Waals surface area contributed by atoms with E-state index in [4.69, 9.17) is 0 Å². The maximum atomic E-state index is 11.7. The summed E-state index contributed by atoms with van der Waals surface area (Å²) < 4.78 is 0. The van der Waals surface area contributed by atoms with Crippen LogP contribution >= 0.6 is 12.6 Å². The Balaban J connectivity index is 2.61. The zero-order valence-electron chi connectivity index (χ0n) is 11.1. The zero-order chi connectivity index (χ0) is 12.8. The highest BCUT2D eigenvalue weighted by molar-refractivity contribution is 7.82. The lowest BCUT2D eigenvalue weighted by atomic mass is 9.96. The van der Waals surface area contributed by atoms with Gasteiger partial charge in [-0.1, -0.05) is 19.8 Å². The lowest BCUT2D eigenvalue weighted by Gasteiger charge is -2.37. The molecule has 0 aromatic rings. The molecule has 0 aromatic carbocycles. The average molecular weight is 256 g/mol. The first kappa shape index (κ1) is 14.4. The van der Waals surface area contributed by atoms with E-state index < -0.39 is 0 Å². The smallest absolute Gasteiger partial charge is 0.199 e. The summed E-state index contributed by atoms with van der Waals surface area (Å²) >= 11 is 4.36. The fraction of sp³-hybridized carbons (Fsp3) is 0.769. The standard InChI is InChI=1S/C13H24N2OS/c1-4-7-8-9-14-10-11(13(17)12(10)16)15(5-2)6-3/h13-14,17H,4-9H2,1-3H3. The second kappa shape index (κ2) is 6.94. The first-order valence-electron chi connectivity index (χ1n) is 6.62. The van der Waals surface area contributed by atoms with Crippen LogP contribution in [-0.2, 0) is 4.79 Å². The second-order valence-corrected chi connectivity index (χ2v) is 4.85. The summed E-state index contributed by atoms with van der Waals surface area (Å²) in [5.41, 5.74) is 1.88. The van der Waals surface area contributed by atoms with Crippen LogP contribution in [0, 0.1) is 0 Å². The van der Waals surface area contributed by atoms with E-state index in [9.17, 15) is 4.79 Å². The van der Waals surface area contributed by atoms with Crippen LogP contribution in [0.4, 0.5) is 0 Å². The van der Waals surface area contributed by atoms with E-state index in [-0.39, 0.29) is 11.0 Å². The number of allylic oxidation sites excluding steroid dienone is 1. The van der Waals surface area contributed by atoms with Crippen LogP contribution < -0.4 is 5.32 Å². The molecular weight excluding hydrogens is 232 g/mol. The van der Waals surface area contributed by atoms with Gasteiger partial charge in [-0.2, -0.15) is 12.6 Å². The normalized spacial score (nSPS) is 19.3. The Bertz CT molecular complexity index is 298. The number of hydrogen-bond donors (Lipinski definition) is 2. The monoisotopic (exact) mass is 256 g/mol. The third-order valence-corrected chi connectivity index (χ3v) is 3.68. The molecule has 4 heteroatoms. The van der Waals surface area contributed by atoms with Crippen molar-refractivity contribution in [2.75, 3.05) is 19.6 Å². The van der Waals surface area contributed by atoms with Gasteiger partial charge in [0.15, 0.2) is 5.78 Å². The van der Waals surface area contributed by atoms with Crippen molar-refractivity contribution in [2.24, 2.45) is 0 Å². The van der Waals surface area contributed by atoms with Crippen LogP contribution in [0.25, 0.3) is 0 Å². The molecule has 0 aliphatic heterocycles. The van der Waals surface area contributed by atoms with Gasteiger partial charge in [0.05, 0.1) is 5.70 Å². The molecule has 1 N–H and O–H groups in total. The molecule has 1 atom stereocenters. The van der Waals surface area contributed by atoms with E-state index >= 15 is 0 Å². The molecule has 0 saturated heterocycles. The fourth-order valence-electron chi connectivity index (χ4n) is 2.11. The summed E-state index contributed by atoms with van der Waals surface area (Å²) in [5.74, 6) is 0.145. The van der Waals surface area contributed by atoms with Gasteiger partial charge in [-0.15, -0.1) is 0 Å². The highest BCUT2D eigenvalue weighted by atomic mass is 32.1. The highest BCUT2D eigenvalue weighted by Gasteiger charge is 2.38. The van der Waals surface area contributed by atoms with Crippen molar-refractivity contribution in [3.05, 3.63) is 11.4 Å². The predicted octanol–water partition coefficient (Wildman–Crippen LogP) is 2.20. The van der Waals surface area contributed by atoms with Crippen molar-refractivity contribution in [1.82, 2.24) is 10.2 Å². The number of Topliss-reactive ketones (excluding diaryl/α,β-unsaturated/α-hetero) is 1. The molecule has 1 aliphatic carbocycles. The first-order valence-corrected chi connectivity index (χ1v) is 7.14. The Morgan fingerprint density at radius 3 is 2.41 bits per heavy atom. The van der Waals surface area contributed by atoms with Gasteiger partial charge in [0.25, 0.3) is 0 Å². The fourth-order valence-corrected chi connectivity index (χ4v) is 2.53. The molecule has 0 heterocycles. The van der Waals surface area contributed by atoms with E-state index in [0.717, 1.165) is 37.4 Å². The molecule has 0 spiro atoms. The molecule has 0 aromatic heterocycles. The molecule has 1 aliphatic rings. The number of carbonyl (C=O) groups is 1. The third-order valence-electron chi connectivity index (χ3n) is 3.20. The van der Waals surface area contributed by atoms with Crippen LogP contribution in [-0.4, -0.2) is 35.6 Å². The Morgan fingerprint density at radius 1 is 1.24 bits per heavy atom. The summed E-state index contributed by atoms with van der Waals surface area (Å²) in [4.78, 5) is 14.0. The molecular formula is C13H24N2OS. The van der Waals surface area contributed by atoms with Gasteiger partial charge in [0.2, 0.25) is 0 Å². The van der Waals surface area contributed by atoms with Crippen molar-refractivity contribution in [2.45, 2.75) is 45.3 Å². The topological polar surface area (TPSA) is 32.3 Å². The van der Waals surface area contributed by atoms with Crippen molar-refractivity contribution >= 4 is 18.4 Å². The first-order chi connectivity index (χ1) is 8.17. The molecule has 1 rings (SSSR count). The zero-order valence-corrected chi connectivity index (χ0v) is 12.0. The average Bonchev–Trinajstić information content (AvgIpc) is 2.36. The SMILES string of the molecule is CCCCCNC1=C(N(CC)CC)C(S)C1=O. The lowest BCUT2D eigenvalue weighted by molar-refractivity contribution is -0.117. The Labute approximate surface area is 110 Å². The lowest BCUT2D eigenvalue weighted by Crippen LogP contribution is -2.47. The Kier molecular flexibility index (Phi) is 5.89. The molecule has 0 radical (unpaired) electrons. The molecule has 3 nitrogen and oxygen atoms in total. The number of unbranched alkanes of at least 4 members (excludes halogenated alkanes) is 2. The van der Waals surface area contributed by atoms with Gasteiger partial charge in [0.1, 0.15) is 10.9 Å². The number of hydrogen-bond acceptors (Lipinski definition) is 4. The van der Waals surface area contributed by atoms with Crippen molar-refractivity contribution < 1.29 is 4.79 Å². The quantitative estimate of drug-likeness (QED) is 0.516. The van der Waals surface area contributed by atoms with Gasteiger partial charge >= 0.3 is 0 Å². The third kappa shape index (κ3) is 3.18. The predicted molar refractivity (Wildman–Crippen MR) is 75.3 cm³/mol. The molecule has 0 amide bonds. The molecule has 0 saturated carbocycles. The molecule has 1 unspecified atom stereocenters. The molecule has 98 valence electrons. The van der Waals surface area contributed by atoms with Gasteiger partial charge in [-0.05, 0) is 20.3 Å². The molecule has 0 bridgehead atoms. The summed E-state index contributed by atoms with van der Waals surface area (Å²) in [6, 6.07) is 0. The molecule has 17 heavy (non-hydrogen) atoms. The van der Waals surface area contributed by atoms with Crippen LogP contribution in [0.2, 0.25) is 0 Å². The van der Waals surface area contributed by atoms with Crippen molar-refractivity contribution in [3.63, 3.8) is 0 Å². The van der Waals surface area contributed by atoms with E-state index in [0.29, 0.717) is 0 Å². The maximum absolute atomic E-state index is 11.7. The number of thiol groups is 1. The summed E-state index contributed by atoms with van der Waals surface area (Å²) in [6.45, 7) is 9.13. The maximum Gasteiger partial charge on any atom is 0.199 e. The summed E-state index contributed by atoms with van der Waals surface area (Å²) in [7, 11) is 0.